The summed E-state index contributed by atoms with van der Waals surface area (Å²) in [7, 11) is 0. The highest BCUT2D eigenvalue weighted by molar-refractivity contribution is 5.25. The van der Waals surface area contributed by atoms with E-state index in [4.69, 9.17) is 0 Å². The Balaban J connectivity index is 1.47. The summed E-state index contributed by atoms with van der Waals surface area (Å²) in [6, 6.07) is 5.43. The number of nitrogens with one attached hydrogen (secondary N) is 1. The fourth-order valence-electron chi connectivity index (χ4n) is 6.88. The van der Waals surface area contributed by atoms with Crippen molar-refractivity contribution < 1.29 is 18.3 Å². The maximum atomic E-state index is 12.8. The molecule has 0 radical (unpaired) electrons. The van der Waals surface area contributed by atoms with E-state index in [1.165, 1.54) is 12.0 Å². The molecule has 3 saturated carbocycles. The average Bonchev–Trinajstić information content (AvgIpc) is 3.03. The Morgan fingerprint density at radius 1 is 1.03 bits per heavy atom. The van der Waals surface area contributed by atoms with Gasteiger partial charge in [-0.25, -0.2) is 0 Å². The molecule has 172 valence electrons. The highest BCUT2D eigenvalue weighted by Gasteiger charge is 2.55. The first kappa shape index (κ1) is 22.8. The van der Waals surface area contributed by atoms with Crippen LogP contribution >= 0.6 is 0 Å². The summed E-state index contributed by atoms with van der Waals surface area (Å²) >= 11 is 0. The maximum absolute atomic E-state index is 12.8. The lowest BCUT2D eigenvalue weighted by Crippen LogP contribution is -2.53. The molecule has 4 rings (SSSR count). The topological polar surface area (TPSA) is 32.3 Å². The molecule has 4 atom stereocenters. The minimum Gasteiger partial charge on any atom is -0.390 e. The van der Waals surface area contributed by atoms with Crippen molar-refractivity contribution in [3.63, 3.8) is 0 Å². The largest absolute Gasteiger partial charge is 0.416 e. The number of hydrogen-bond acceptors (Lipinski definition) is 2. The molecule has 0 bridgehead atoms. The highest BCUT2D eigenvalue weighted by atomic mass is 19.4. The molecule has 3 aliphatic rings. The number of allylic oxidation sites excluding steroid dienone is 1. The smallest absolute Gasteiger partial charge is 0.390 e. The van der Waals surface area contributed by atoms with Crippen molar-refractivity contribution in [3.05, 3.63) is 47.5 Å². The van der Waals surface area contributed by atoms with Crippen LogP contribution in [0.3, 0.4) is 0 Å². The monoisotopic (exact) mass is 435 g/mol. The van der Waals surface area contributed by atoms with Gasteiger partial charge >= 0.3 is 6.18 Å². The Hall–Kier alpha value is -1.33. The SMILES string of the molecule is C=C1CC[C@H]2[C@@H](CNCc3ccc(C(F)(F)F)cc3)[C@@H](C3(O)CCCCC3)CC[C@]12C. The number of aliphatic hydroxyl groups is 1. The molecular formula is C26H36F3NO. The van der Waals surface area contributed by atoms with Gasteiger partial charge in [0.1, 0.15) is 0 Å². The van der Waals surface area contributed by atoms with Crippen LogP contribution < -0.4 is 5.32 Å². The number of benzene rings is 1. The Kier molecular flexibility index (Phi) is 6.30. The third kappa shape index (κ3) is 4.45. The molecule has 0 unspecified atom stereocenters. The summed E-state index contributed by atoms with van der Waals surface area (Å²) in [4.78, 5) is 0. The van der Waals surface area contributed by atoms with Crippen LogP contribution in [-0.2, 0) is 12.7 Å². The van der Waals surface area contributed by atoms with E-state index in [9.17, 15) is 18.3 Å². The number of alkyl halides is 3. The summed E-state index contributed by atoms with van der Waals surface area (Å²) in [5.74, 6) is 1.18. The van der Waals surface area contributed by atoms with Crippen molar-refractivity contribution in [1.29, 1.82) is 0 Å². The van der Waals surface area contributed by atoms with E-state index in [1.54, 1.807) is 12.1 Å². The third-order valence-corrected chi connectivity index (χ3v) is 8.79. The minimum atomic E-state index is -4.30. The molecule has 0 saturated heterocycles. The standard InChI is InChI=1S/C26H36F3NO/c1-18-6-11-22-21(17-30-16-19-7-9-20(10-8-19)26(27,28)29)23(12-15-24(18,22)2)25(31)13-4-3-5-14-25/h7-10,21-23,30-31H,1,3-6,11-17H2,2H3/t21-,22+,23+,24-/m1/s1. The van der Waals surface area contributed by atoms with Gasteiger partial charge in [0, 0.05) is 6.54 Å². The molecule has 0 aromatic heterocycles. The summed E-state index contributed by atoms with van der Waals surface area (Å²) in [6.45, 7) is 8.08. The zero-order valence-electron chi connectivity index (χ0n) is 18.6. The van der Waals surface area contributed by atoms with Crippen LogP contribution in [0.1, 0.15) is 75.8 Å². The molecule has 2 nitrogen and oxygen atoms in total. The summed E-state index contributed by atoms with van der Waals surface area (Å²) in [5.41, 5.74) is 1.20. The average molecular weight is 436 g/mol. The van der Waals surface area contributed by atoms with Crippen LogP contribution in [0.4, 0.5) is 13.2 Å². The highest BCUT2D eigenvalue weighted by Crippen LogP contribution is 2.60. The molecule has 3 fully saturated rings. The molecule has 3 aliphatic carbocycles. The van der Waals surface area contributed by atoms with E-state index >= 15 is 0 Å². The molecule has 1 aromatic rings. The van der Waals surface area contributed by atoms with Gasteiger partial charge in [0.2, 0.25) is 0 Å². The van der Waals surface area contributed by atoms with Crippen LogP contribution in [-0.4, -0.2) is 17.3 Å². The van der Waals surface area contributed by atoms with Gasteiger partial charge < -0.3 is 10.4 Å². The predicted octanol–water partition coefficient (Wildman–Crippen LogP) is 6.49. The van der Waals surface area contributed by atoms with E-state index in [-0.39, 0.29) is 11.3 Å². The van der Waals surface area contributed by atoms with E-state index in [1.807, 2.05) is 0 Å². The number of fused-ring (bicyclic) bond motifs is 1. The Morgan fingerprint density at radius 2 is 1.71 bits per heavy atom. The summed E-state index contributed by atoms with van der Waals surface area (Å²) in [5, 5.41) is 15.1. The van der Waals surface area contributed by atoms with Crippen LogP contribution in [0.5, 0.6) is 0 Å². The second-order valence-corrected chi connectivity index (χ2v) is 10.5. The first-order valence-electron chi connectivity index (χ1n) is 11.9. The van der Waals surface area contributed by atoms with Crippen molar-refractivity contribution >= 4 is 0 Å². The molecular weight excluding hydrogens is 399 g/mol. The van der Waals surface area contributed by atoms with Crippen molar-refractivity contribution in [2.75, 3.05) is 6.54 Å². The number of hydrogen-bond donors (Lipinski definition) is 2. The van der Waals surface area contributed by atoms with E-state index in [0.29, 0.717) is 18.4 Å². The van der Waals surface area contributed by atoms with Gasteiger partial charge in [0.05, 0.1) is 11.2 Å². The minimum absolute atomic E-state index is 0.155. The third-order valence-electron chi connectivity index (χ3n) is 8.79. The van der Waals surface area contributed by atoms with Gasteiger partial charge in [-0.2, -0.15) is 13.2 Å². The Bertz CT molecular complexity index is 781. The van der Waals surface area contributed by atoms with Gasteiger partial charge in [0.25, 0.3) is 0 Å². The molecule has 1 aromatic carbocycles. The van der Waals surface area contributed by atoms with Crippen molar-refractivity contribution in [1.82, 2.24) is 5.32 Å². The fourth-order valence-corrected chi connectivity index (χ4v) is 6.88. The molecule has 0 amide bonds. The Morgan fingerprint density at radius 3 is 2.35 bits per heavy atom. The molecule has 2 N–H and O–H groups in total. The second kappa shape index (κ2) is 8.55. The van der Waals surface area contributed by atoms with Gasteiger partial charge in [-0.1, -0.05) is 50.5 Å². The predicted molar refractivity (Wildman–Crippen MR) is 117 cm³/mol. The fraction of sp³-hybridized carbons (Fsp3) is 0.692. The summed E-state index contributed by atoms with van der Waals surface area (Å²) in [6.07, 6.45) is 5.27. The lowest BCUT2D eigenvalue weighted by atomic mass is 9.54. The normalized spacial score (nSPS) is 33.3. The van der Waals surface area contributed by atoms with E-state index in [0.717, 1.165) is 75.6 Å². The molecule has 0 spiro atoms. The molecule has 5 heteroatoms. The van der Waals surface area contributed by atoms with Crippen molar-refractivity contribution in [2.24, 2.45) is 23.2 Å². The maximum Gasteiger partial charge on any atom is 0.416 e. The quantitative estimate of drug-likeness (QED) is 0.518. The van der Waals surface area contributed by atoms with Crippen LogP contribution in [0.15, 0.2) is 36.4 Å². The van der Waals surface area contributed by atoms with Crippen molar-refractivity contribution in [3.8, 4) is 0 Å². The zero-order chi connectivity index (χ0) is 22.3. The van der Waals surface area contributed by atoms with Gasteiger partial charge in [-0.05, 0) is 85.9 Å². The van der Waals surface area contributed by atoms with Crippen LogP contribution in [0, 0.1) is 23.2 Å². The lowest BCUT2D eigenvalue weighted by molar-refractivity contribution is -0.137. The van der Waals surface area contributed by atoms with Gasteiger partial charge in [0.15, 0.2) is 0 Å². The molecule has 0 aliphatic heterocycles. The Labute approximate surface area is 184 Å². The van der Waals surface area contributed by atoms with Gasteiger partial charge in [-0.3, -0.25) is 0 Å². The van der Waals surface area contributed by atoms with E-state index in [2.05, 4.69) is 18.8 Å². The second-order valence-electron chi connectivity index (χ2n) is 10.5. The van der Waals surface area contributed by atoms with E-state index < -0.39 is 17.3 Å². The van der Waals surface area contributed by atoms with Crippen LogP contribution in [0.2, 0.25) is 0 Å². The zero-order valence-corrected chi connectivity index (χ0v) is 18.6. The number of rotatable bonds is 5. The molecule has 31 heavy (non-hydrogen) atoms. The first-order valence-corrected chi connectivity index (χ1v) is 11.9. The first-order chi connectivity index (χ1) is 14.6. The number of halogens is 3. The van der Waals surface area contributed by atoms with Crippen molar-refractivity contribution in [2.45, 2.75) is 83.0 Å². The van der Waals surface area contributed by atoms with Crippen LogP contribution in [0.25, 0.3) is 0 Å². The summed E-state index contributed by atoms with van der Waals surface area (Å²) < 4.78 is 38.4. The lowest BCUT2D eigenvalue weighted by Gasteiger charge is -2.53. The molecule has 0 heterocycles. The van der Waals surface area contributed by atoms with Gasteiger partial charge in [-0.15, -0.1) is 0 Å².